The van der Waals surface area contributed by atoms with Crippen LogP contribution in [0.5, 0.6) is 0 Å². The molecular formula is C17H22FN. The molecule has 2 aliphatic rings. The van der Waals surface area contributed by atoms with Gasteiger partial charge < -0.3 is 0 Å². The summed E-state index contributed by atoms with van der Waals surface area (Å²) in [5.41, 5.74) is 1.33. The average Bonchev–Trinajstić information content (AvgIpc) is 2.82. The van der Waals surface area contributed by atoms with Crippen molar-refractivity contribution >= 4 is 0 Å². The highest BCUT2D eigenvalue weighted by Crippen LogP contribution is 2.45. The Hall–Kier alpha value is -1.15. The number of halogens is 1. The van der Waals surface area contributed by atoms with E-state index in [1.165, 1.54) is 37.9 Å². The fourth-order valence-electron chi connectivity index (χ4n) is 4.02. The number of nitrogens with zero attached hydrogens (tertiary/aromatic N) is 1. The second kappa shape index (κ2) is 5.46. The van der Waals surface area contributed by atoms with Gasteiger partial charge in [-0.2, -0.15) is 0 Å². The Kier molecular flexibility index (Phi) is 3.69. The van der Waals surface area contributed by atoms with Crippen molar-refractivity contribution < 1.29 is 4.39 Å². The van der Waals surface area contributed by atoms with Crippen molar-refractivity contribution in [1.82, 2.24) is 4.90 Å². The summed E-state index contributed by atoms with van der Waals surface area (Å²) >= 11 is 0. The minimum absolute atomic E-state index is 0.129. The Morgan fingerprint density at radius 3 is 2.74 bits per heavy atom. The molecule has 1 heterocycles. The molecule has 0 N–H and O–H groups in total. The van der Waals surface area contributed by atoms with Crippen LogP contribution in [0.4, 0.5) is 4.39 Å². The molecule has 3 rings (SSSR count). The lowest BCUT2D eigenvalue weighted by atomic mass is 9.71. The largest absolute Gasteiger partial charge is 0.299 e. The molecular weight excluding hydrogens is 237 g/mol. The number of hydrogen-bond acceptors (Lipinski definition) is 1. The fraction of sp³-hybridized carbons (Fsp3) is 0.529. The lowest BCUT2D eigenvalue weighted by Crippen LogP contribution is -2.25. The Bertz CT molecular complexity index is 439. The van der Waals surface area contributed by atoms with Crippen LogP contribution in [0.3, 0.4) is 0 Å². The van der Waals surface area contributed by atoms with Crippen LogP contribution in [0, 0.1) is 17.7 Å². The SMILES string of the molecule is C=CCN1CC2CCC[C@@H](c3ccc(F)cc3)[C@@H]2C1. The molecule has 1 nitrogen and oxygen atoms in total. The Morgan fingerprint density at radius 1 is 1.21 bits per heavy atom. The van der Waals surface area contributed by atoms with Crippen molar-refractivity contribution in [2.45, 2.75) is 25.2 Å². The van der Waals surface area contributed by atoms with Crippen molar-refractivity contribution in [3.63, 3.8) is 0 Å². The zero-order valence-electron chi connectivity index (χ0n) is 11.4. The summed E-state index contributed by atoms with van der Waals surface area (Å²) in [5, 5.41) is 0. The van der Waals surface area contributed by atoms with E-state index in [1.54, 1.807) is 12.1 Å². The molecule has 0 amide bonds. The quantitative estimate of drug-likeness (QED) is 0.746. The maximum absolute atomic E-state index is 13.1. The molecule has 0 bridgehead atoms. The van der Waals surface area contributed by atoms with Gasteiger partial charge in [-0.05, 0) is 48.3 Å². The standard InChI is InChI=1S/C17H22FN/c1-2-10-19-11-14-4-3-5-16(17(14)12-19)13-6-8-15(18)9-7-13/h2,6-9,14,16-17H,1,3-5,10-12H2/t14?,16-,17+/m0/s1. The maximum atomic E-state index is 13.1. The minimum atomic E-state index is -0.129. The second-order valence-electron chi connectivity index (χ2n) is 6.02. The molecule has 0 aromatic heterocycles. The van der Waals surface area contributed by atoms with Crippen LogP contribution in [0.15, 0.2) is 36.9 Å². The summed E-state index contributed by atoms with van der Waals surface area (Å²) in [6, 6.07) is 7.18. The minimum Gasteiger partial charge on any atom is -0.299 e. The molecule has 19 heavy (non-hydrogen) atoms. The zero-order chi connectivity index (χ0) is 13.2. The topological polar surface area (TPSA) is 3.24 Å². The molecule has 1 aliphatic carbocycles. The highest BCUT2D eigenvalue weighted by atomic mass is 19.1. The summed E-state index contributed by atoms with van der Waals surface area (Å²) < 4.78 is 13.1. The van der Waals surface area contributed by atoms with Crippen molar-refractivity contribution in [1.29, 1.82) is 0 Å². The summed E-state index contributed by atoms with van der Waals surface area (Å²) in [7, 11) is 0. The molecule has 1 saturated heterocycles. The lowest BCUT2D eigenvalue weighted by Gasteiger charge is -2.33. The molecule has 0 radical (unpaired) electrons. The van der Waals surface area contributed by atoms with Gasteiger partial charge in [0.05, 0.1) is 0 Å². The van der Waals surface area contributed by atoms with Crippen LogP contribution in [0.2, 0.25) is 0 Å². The van der Waals surface area contributed by atoms with Gasteiger partial charge >= 0.3 is 0 Å². The first-order valence-electron chi connectivity index (χ1n) is 7.36. The lowest BCUT2D eigenvalue weighted by molar-refractivity contribution is 0.258. The molecule has 2 heteroatoms. The summed E-state index contributed by atoms with van der Waals surface area (Å²) in [6.45, 7) is 7.24. The van der Waals surface area contributed by atoms with Crippen molar-refractivity contribution in [3.05, 3.63) is 48.3 Å². The van der Waals surface area contributed by atoms with Crippen LogP contribution in [0.25, 0.3) is 0 Å². The van der Waals surface area contributed by atoms with E-state index in [0.29, 0.717) is 5.92 Å². The molecule has 2 fully saturated rings. The van der Waals surface area contributed by atoms with Gasteiger partial charge in [0, 0.05) is 19.6 Å². The van der Waals surface area contributed by atoms with Crippen molar-refractivity contribution in [2.24, 2.45) is 11.8 Å². The zero-order valence-corrected chi connectivity index (χ0v) is 11.4. The monoisotopic (exact) mass is 259 g/mol. The van der Waals surface area contributed by atoms with E-state index >= 15 is 0 Å². The van der Waals surface area contributed by atoms with Gasteiger partial charge in [-0.1, -0.05) is 24.6 Å². The summed E-state index contributed by atoms with van der Waals surface area (Å²) in [4.78, 5) is 2.52. The predicted molar refractivity (Wildman–Crippen MR) is 76.6 cm³/mol. The first-order valence-corrected chi connectivity index (χ1v) is 7.36. The van der Waals surface area contributed by atoms with Gasteiger partial charge in [0.1, 0.15) is 5.82 Å². The van der Waals surface area contributed by atoms with E-state index < -0.39 is 0 Å². The highest BCUT2D eigenvalue weighted by Gasteiger charge is 2.40. The Labute approximate surface area is 115 Å². The van der Waals surface area contributed by atoms with Crippen LogP contribution in [-0.2, 0) is 0 Å². The maximum Gasteiger partial charge on any atom is 0.123 e. The third-order valence-corrected chi connectivity index (χ3v) is 4.86. The summed E-state index contributed by atoms with van der Waals surface area (Å²) in [6.07, 6.45) is 5.93. The fourth-order valence-corrected chi connectivity index (χ4v) is 4.02. The molecule has 1 unspecified atom stereocenters. The number of hydrogen-bond donors (Lipinski definition) is 0. The molecule has 3 atom stereocenters. The Morgan fingerprint density at radius 2 is 2.00 bits per heavy atom. The highest BCUT2D eigenvalue weighted by molar-refractivity contribution is 5.23. The van der Waals surface area contributed by atoms with Gasteiger partial charge in [-0.15, -0.1) is 6.58 Å². The van der Waals surface area contributed by atoms with E-state index in [1.807, 2.05) is 18.2 Å². The molecule has 102 valence electrons. The molecule has 0 spiro atoms. The molecule has 1 aromatic carbocycles. The number of likely N-dealkylation sites (tertiary alicyclic amines) is 1. The normalized spacial score (nSPS) is 31.1. The first kappa shape index (κ1) is 12.9. The van der Waals surface area contributed by atoms with Crippen molar-refractivity contribution in [2.75, 3.05) is 19.6 Å². The molecule has 1 aromatic rings. The third-order valence-electron chi connectivity index (χ3n) is 4.86. The van der Waals surface area contributed by atoms with E-state index in [-0.39, 0.29) is 5.82 Å². The van der Waals surface area contributed by atoms with Crippen LogP contribution in [0.1, 0.15) is 30.7 Å². The van der Waals surface area contributed by atoms with Crippen LogP contribution < -0.4 is 0 Å². The van der Waals surface area contributed by atoms with Gasteiger partial charge in [0.25, 0.3) is 0 Å². The number of rotatable bonds is 3. The molecule has 1 saturated carbocycles. The Balaban J connectivity index is 1.78. The predicted octanol–water partition coefficient (Wildman–Crippen LogP) is 3.83. The molecule has 1 aliphatic heterocycles. The number of benzene rings is 1. The van der Waals surface area contributed by atoms with Crippen LogP contribution >= 0.6 is 0 Å². The van der Waals surface area contributed by atoms with Gasteiger partial charge in [0.2, 0.25) is 0 Å². The smallest absolute Gasteiger partial charge is 0.123 e. The van der Waals surface area contributed by atoms with E-state index in [9.17, 15) is 4.39 Å². The first-order chi connectivity index (χ1) is 9.28. The average molecular weight is 259 g/mol. The van der Waals surface area contributed by atoms with Crippen molar-refractivity contribution in [3.8, 4) is 0 Å². The third kappa shape index (κ3) is 2.59. The van der Waals surface area contributed by atoms with E-state index in [0.717, 1.165) is 18.4 Å². The second-order valence-corrected chi connectivity index (χ2v) is 6.02. The summed E-state index contributed by atoms with van der Waals surface area (Å²) in [5.74, 6) is 2.06. The van der Waals surface area contributed by atoms with Crippen LogP contribution in [-0.4, -0.2) is 24.5 Å². The van der Waals surface area contributed by atoms with Gasteiger partial charge in [-0.25, -0.2) is 4.39 Å². The van der Waals surface area contributed by atoms with E-state index in [4.69, 9.17) is 0 Å². The van der Waals surface area contributed by atoms with Gasteiger partial charge in [0.15, 0.2) is 0 Å². The number of fused-ring (bicyclic) bond motifs is 1. The van der Waals surface area contributed by atoms with Gasteiger partial charge in [-0.3, -0.25) is 4.90 Å². The van der Waals surface area contributed by atoms with E-state index in [2.05, 4.69) is 11.5 Å².